The number of quaternary nitrogens is 1. The van der Waals surface area contributed by atoms with Gasteiger partial charge in [0.15, 0.2) is 0 Å². The first-order valence-corrected chi connectivity index (χ1v) is 6.91. The summed E-state index contributed by atoms with van der Waals surface area (Å²) in [5.74, 6) is -0.317. The van der Waals surface area contributed by atoms with Crippen molar-refractivity contribution in [1.29, 1.82) is 0 Å². The Balaban J connectivity index is 1.84. The first-order chi connectivity index (χ1) is 9.15. The molecule has 1 saturated heterocycles. The molecule has 19 heavy (non-hydrogen) atoms. The van der Waals surface area contributed by atoms with Crippen LogP contribution in [0.3, 0.4) is 0 Å². The van der Waals surface area contributed by atoms with Crippen LogP contribution in [0, 0.1) is 0 Å². The summed E-state index contributed by atoms with van der Waals surface area (Å²) in [6.45, 7) is 6.24. The molecular formula is C14H19ClNO3+. The quantitative estimate of drug-likeness (QED) is 0.832. The predicted molar refractivity (Wildman–Crippen MR) is 72.7 cm³/mol. The van der Waals surface area contributed by atoms with Crippen molar-refractivity contribution in [3.63, 3.8) is 0 Å². The standard InChI is InChI=1S/C14H18ClNO3/c1-11(10-16-5-7-18-8-6-16)19-14(17)12-3-2-4-13(15)9-12/h2-4,9,11H,5-8,10H2,1H3/p+1/t11-/m0/s1. The zero-order valence-electron chi connectivity index (χ0n) is 11.0. The fourth-order valence-electron chi connectivity index (χ4n) is 2.18. The van der Waals surface area contributed by atoms with Gasteiger partial charge in [0, 0.05) is 5.02 Å². The average Bonchev–Trinajstić information content (AvgIpc) is 2.39. The van der Waals surface area contributed by atoms with E-state index in [0.717, 1.165) is 32.8 Å². The second kappa shape index (κ2) is 6.89. The van der Waals surface area contributed by atoms with Gasteiger partial charge < -0.3 is 14.4 Å². The third-order valence-electron chi connectivity index (χ3n) is 3.14. The van der Waals surface area contributed by atoms with Gasteiger partial charge in [-0.15, -0.1) is 0 Å². The number of ether oxygens (including phenoxy) is 2. The number of morpholine rings is 1. The molecule has 0 radical (unpaired) electrons. The Kier molecular flexibility index (Phi) is 5.19. The van der Waals surface area contributed by atoms with Crippen molar-refractivity contribution < 1.29 is 19.2 Å². The van der Waals surface area contributed by atoms with Gasteiger partial charge in [0.25, 0.3) is 0 Å². The Morgan fingerprint density at radius 1 is 1.47 bits per heavy atom. The number of nitrogens with one attached hydrogen (secondary N) is 1. The maximum absolute atomic E-state index is 11.9. The van der Waals surface area contributed by atoms with Gasteiger partial charge in [-0.2, -0.15) is 0 Å². The normalized spacial score (nSPS) is 18.0. The maximum atomic E-state index is 11.9. The summed E-state index contributed by atoms with van der Waals surface area (Å²) in [5.41, 5.74) is 0.497. The van der Waals surface area contributed by atoms with Crippen LogP contribution in [0.15, 0.2) is 24.3 Å². The summed E-state index contributed by atoms with van der Waals surface area (Å²) < 4.78 is 10.7. The molecule has 1 aromatic rings. The molecule has 0 unspecified atom stereocenters. The number of halogens is 1. The Hall–Kier alpha value is -1.10. The fourth-order valence-corrected chi connectivity index (χ4v) is 2.37. The Bertz CT molecular complexity index is 432. The highest BCUT2D eigenvalue weighted by Crippen LogP contribution is 2.12. The molecule has 1 atom stereocenters. The highest BCUT2D eigenvalue weighted by molar-refractivity contribution is 6.30. The average molecular weight is 285 g/mol. The number of benzene rings is 1. The van der Waals surface area contributed by atoms with E-state index < -0.39 is 0 Å². The molecule has 0 spiro atoms. The lowest BCUT2D eigenvalue weighted by molar-refractivity contribution is -0.910. The summed E-state index contributed by atoms with van der Waals surface area (Å²) in [5, 5.41) is 0.543. The molecule has 2 rings (SSSR count). The molecule has 1 fully saturated rings. The zero-order valence-corrected chi connectivity index (χ0v) is 11.8. The van der Waals surface area contributed by atoms with Gasteiger partial charge in [-0.1, -0.05) is 17.7 Å². The van der Waals surface area contributed by atoms with Crippen LogP contribution in [0.4, 0.5) is 0 Å². The molecule has 4 nitrogen and oxygen atoms in total. The van der Waals surface area contributed by atoms with E-state index in [1.54, 1.807) is 24.3 Å². The molecule has 0 saturated carbocycles. The predicted octanol–water partition coefficient (Wildman–Crippen LogP) is 0.800. The smallest absolute Gasteiger partial charge is 0.338 e. The second-order valence-electron chi connectivity index (χ2n) is 4.79. The van der Waals surface area contributed by atoms with Crippen LogP contribution < -0.4 is 4.90 Å². The molecule has 0 bridgehead atoms. The Labute approximate surface area is 118 Å². The second-order valence-corrected chi connectivity index (χ2v) is 5.23. The van der Waals surface area contributed by atoms with E-state index in [1.807, 2.05) is 6.92 Å². The maximum Gasteiger partial charge on any atom is 0.338 e. The molecule has 1 aromatic carbocycles. The van der Waals surface area contributed by atoms with Gasteiger partial charge in [0.2, 0.25) is 0 Å². The number of carbonyl (C=O) groups is 1. The third kappa shape index (κ3) is 4.49. The van der Waals surface area contributed by atoms with Crippen LogP contribution >= 0.6 is 11.6 Å². The van der Waals surface area contributed by atoms with Crippen LogP contribution in [-0.2, 0) is 9.47 Å². The van der Waals surface area contributed by atoms with E-state index in [4.69, 9.17) is 21.1 Å². The number of hydrogen-bond donors (Lipinski definition) is 1. The first kappa shape index (κ1) is 14.3. The number of rotatable bonds is 4. The molecule has 1 heterocycles. The van der Waals surface area contributed by atoms with Crippen LogP contribution in [0.5, 0.6) is 0 Å². The summed E-state index contributed by atoms with van der Waals surface area (Å²) in [6.07, 6.45) is -0.111. The van der Waals surface area contributed by atoms with Gasteiger partial charge in [-0.25, -0.2) is 4.79 Å². The Morgan fingerprint density at radius 3 is 2.89 bits per heavy atom. The largest absolute Gasteiger partial charge is 0.453 e. The molecule has 0 aliphatic carbocycles. The Morgan fingerprint density at radius 2 is 2.21 bits per heavy atom. The third-order valence-corrected chi connectivity index (χ3v) is 3.38. The van der Waals surface area contributed by atoms with Crippen LogP contribution in [-0.4, -0.2) is 44.9 Å². The molecule has 104 valence electrons. The van der Waals surface area contributed by atoms with Gasteiger partial charge >= 0.3 is 5.97 Å². The molecule has 1 aliphatic heterocycles. The summed E-state index contributed by atoms with van der Waals surface area (Å²) in [4.78, 5) is 13.3. The summed E-state index contributed by atoms with van der Waals surface area (Å²) >= 11 is 5.86. The van der Waals surface area contributed by atoms with Crippen molar-refractivity contribution in [2.75, 3.05) is 32.8 Å². The van der Waals surface area contributed by atoms with Gasteiger partial charge in [-0.3, -0.25) is 0 Å². The van der Waals surface area contributed by atoms with Crippen LogP contribution in [0.1, 0.15) is 17.3 Å². The van der Waals surface area contributed by atoms with E-state index in [1.165, 1.54) is 4.90 Å². The lowest BCUT2D eigenvalue weighted by Gasteiger charge is -2.26. The SMILES string of the molecule is C[C@@H](C[NH+]1CCOCC1)OC(=O)c1cccc(Cl)c1. The first-order valence-electron chi connectivity index (χ1n) is 6.53. The molecular weight excluding hydrogens is 266 g/mol. The van der Waals surface area contributed by atoms with E-state index in [9.17, 15) is 4.79 Å². The number of esters is 1. The summed E-state index contributed by atoms with van der Waals surface area (Å²) in [6, 6.07) is 6.82. The van der Waals surface area contributed by atoms with E-state index in [0.29, 0.717) is 10.6 Å². The number of hydrogen-bond acceptors (Lipinski definition) is 3. The van der Waals surface area contributed by atoms with Crippen molar-refractivity contribution in [1.82, 2.24) is 0 Å². The van der Waals surface area contributed by atoms with Crippen molar-refractivity contribution in [3.05, 3.63) is 34.9 Å². The lowest BCUT2D eigenvalue weighted by atomic mass is 10.2. The van der Waals surface area contributed by atoms with Crippen molar-refractivity contribution in [3.8, 4) is 0 Å². The number of carbonyl (C=O) groups excluding carboxylic acids is 1. The monoisotopic (exact) mass is 284 g/mol. The molecule has 1 aliphatic rings. The van der Waals surface area contributed by atoms with Gasteiger partial charge in [0.1, 0.15) is 25.7 Å². The minimum absolute atomic E-state index is 0.111. The molecule has 0 aromatic heterocycles. The molecule has 0 amide bonds. The van der Waals surface area contributed by atoms with Crippen molar-refractivity contribution in [2.45, 2.75) is 13.0 Å². The van der Waals surface area contributed by atoms with Crippen LogP contribution in [0.2, 0.25) is 5.02 Å². The minimum atomic E-state index is -0.317. The van der Waals surface area contributed by atoms with Gasteiger partial charge in [-0.05, 0) is 25.1 Å². The molecule has 5 heteroatoms. The van der Waals surface area contributed by atoms with Crippen molar-refractivity contribution in [2.24, 2.45) is 0 Å². The van der Waals surface area contributed by atoms with E-state index in [2.05, 4.69) is 0 Å². The fraction of sp³-hybridized carbons (Fsp3) is 0.500. The highest BCUT2D eigenvalue weighted by Gasteiger charge is 2.20. The van der Waals surface area contributed by atoms with Crippen molar-refractivity contribution >= 4 is 17.6 Å². The zero-order chi connectivity index (χ0) is 13.7. The minimum Gasteiger partial charge on any atom is -0.453 e. The summed E-state index contributed by atoms with van der Waals surface area (Å²) in [7, 11) is 0. The van der Waals surface area contributed by atoms with Gasteiger partial charge in [0.05, 0.1) is 18.8 Å². The lowest BCUT2D eigenvalue weighted by Crippen LogP contribution is -3.15. The van der Waals surface area contributed by atoms with Crippen LogP contribution in [0.25, 0.3) is 0 Å². The molecule has 1 N–H and O–H groups in total. The van der Waals surface area contributed by atoms with E-state index in [-0.39, 0.29) is 12.1 Å². The highest BCUT2D eigenvalue weighted by atomic mass is 35.5. The van der Waals surface area contributed by atoms with E-state index >= 15 is 0 Å². The topological polar surface area (TPSA) is 40.0 Å².